The van der Waals surface area contributed by atoms with Gasteiger partial charge in [-0.05, 0) is 12.1 Å². The van der Waals surface area contributed by atoms with Crippen molar-refractivity contribution in [2.45, 2.75) is 6.42 Å². The van der Waals surface area contributed by atoms with Crippen molar-refractivity contribution in [2.75, 3.05) is 26.7 Å². The van der Waals surface area contributed by atoms with Crippen LogP contribution in [-0.4, -0.2) is 37.6 Å². The van der Waals surface area contributed by atoms with Gasteiger partial charge in [0.1, 0.15) is 12.4 Å². The van der Waals surface area contributed by atoms with Gasteiger partial charge in [-0.15, -0.1) is 0 Å². The van der Waals surface area contributed by atoms with Gasteiger partial charge in [-0.25, -0.2) is 0 Å². The first-order valence-electron chi connectivity index (χ1n) is 5.46. The van der Waals surface area contributed by atoms with Crippen LogP contribution in [0.15, 0.2) is 24.3 Å². The Morgan fingerprint density at radius 2 is 2.18 bits per heavy atom. The van der Waals surface area contributed by atoms with Gasteiger partial charge in [-0.1, -0.05) is 23.7 Å². The molecule has 2 N–H and O–H groups in total. The predicted octanol–water partition coefficient (Wildman–Crippen LogP) is 1.53. The van der Waals surface area contributed by atoms with Crippen molar-refractivity contribution in [1.29, 1.82) is 0 Å². The molecular formula is C12H17ClN2O2. The second kappa shape index (κ2) is 7.14. The molecule has 0 aliphatic rings. The molecule has 0 atom stereocenters. The number of benzene rings is 1. The largest absolute Gasteiger partial charge is 0.490 e. The molecule has 0 spiro atoms. The van der Waals surface area contributed by atoms with Crippen LogP contribution in [-0.2, 0) is 4.79 Å². The summed E-state index contributed by atoms with van der Waals surface area (Å²) in [6.45, 7) is 1.30. The lowest BCUT2D eigenvalue weighted by molar-refractivity contribution is -0.130. The number of para-hydroxylation sites is 1. The molecule has 4 nitrogen and oxygen atoms in total. The number of nitrogens with two attached hydrogens (primary N) is 1. The van der Waals surface area contributed by atoms with Crippen molar-refractivity contribution < 1.29 is 9.53 Å². The summed E-state index contributed by atoms with van der Waals surface area (Å²) in [5.74, 6) is 0.657. The average molecular weight is 257 g/mol. The number of halogens is 1. The third kappa shape index (κ3) is 4.63. The summed E-state index contributed by atoms with van der Waals surface area (Å²) in [5, 5.41) is 0.573. The van der Waals surface area contributed by atoms with Gasteiger partial charge < -0.3 is 15.4 Å². The van der Waals surface area contributed by atoms with E-state index >= 15 is 0 Å². The number of ether oxygens (including phenoxy) is 1. The Morgan fingerprint density at radius 1 is 1.47 bits per heavy atom. The number of amides is 1. The molecule has 5 heteroatoms. The second-order valence-corrected chi connectivity index (χ2v) is 4.04. The van der Waals surface area contributed by atoms with E-state index in [-0.39, 0.29) is 5.91 Å². The fourth-order valence-electron chi connectivity index (χ4n) is 1.29. The Bertz CT molecular complexity index is 371. The van der Waals surface area contributed by atoms with Gasteiger partial charge in [0.15, 0.2) is 0 Å². The molecule has 0 bridgehead atoms. The number of carbonyl (C=O) groups excluding carboxylic acids is 1. The highest BCUT2D eigenvalue weighted by Crippen LogP contribution is 2.22. The Hall–Kier alpha value is -1.26. The van der Waals surface area contributed by atoms with E-state index < -0.39 is 0 Å². The van der Waals surface area contributed by atoms with E-state index in [4.69, 9.17) is 22.1 Å². The molecule has 0 aromatic heterocycles. The smallest absolute Gasteiger partial charge is 0.223 e. The monoisotopic (exact) mass is 256 g/mol. The molecule has 0 saturated heterocycles. The van der Waals surface area contributed by atoms with Crippen molar-refractivity contribution in [3.05, 3.63) is 29.3 Å². The van der Waals surface area contributed by atoms with Gasteiger partial charge in [0, 0.05) is 20.0 Å². The Labute approximate surface area is 106 Å². The summed E-state index contributed by atoms with van der Waals surface area (Å²) in [6.07, 6.45) is 0.364. The lowest BCUT2D eigenvalue weighted by Gasteiger charge is -2.17. The van der Waals surface area contributed by atoms with E-state index in [9.17, 15) is 4.79 Å². The summed E-state index contributed by atoms with van der Waals surface area (Å²) < 4.78 is 5.48. The summed E-state index contributed by atoms with van der Waals surface area (Å²) in [7, 11) is 1.73. The lowest BCUT2D eigenvalue weighted by atomic mass is 10.3. The summed E-state index contributed by atoms with van der Waals surface area (Å²) >= 11 is 5.93. The fourth-order valence-corrected chi connectivity index (χ4v) is 1.48. The standard InChI is InChI=1S/C12H17ClN2O2/c1-15(12(16)6-7-14)8-9-17-11-5-3-2-4-10(11)13/h2-5H,6-9,14H2,1H3. The van der Waals surface area contributed by atoms with Crippen LogP contribution in [0.2, 0.25) is 5.02 Å². The van der Waals surface area contributed by atoms with Crippen molar-refractivity contribution in [3.8, 4) is 5.75 Å². The molecule has 0 aliphatic heterocycles. The highest BCUT2D eigenvalue weighted by Gasteiger charge is 2.07. The first kappa shape index (κ1) is 13.8. The molecule has 1 rings (SSSR count). The average Bonchev–Trinajstić information content (AvgIpc) is 2.31. The third-order valence-corrected chi connectivity index (χ3v) is 2.62. The third-order valence-electron chi connectivity index (χ3n) is 2.30. The van der Waals surface area contributed by atoms with Gasteiger partial charge in [-0.3, -0.25) is 4.79 Å². The van der Waals surface area contributed by atoms with Crippen LogP contribution in [0.5, 0.6) is 5.75 Å². The molecule has 1 amide bonds. The number of rotatable bonds is 6. The lowest BCUT2D eigenvalue weighted by Crippen LogP contribution is -2.32. The Balaban J connectivity index is 2.33. The van der Waals surface area contributed by atoms with Gasteiger partial charge in [-0.2, -0.15) is 0 Å². The van der Waals surface area contributed by atoms with E-state index in [0.717, 1.165) is 0 Å². The topological polar surface area (TPSA) is 55.6 Å². The molecule has 17 heavy (non-hydrogen) atoms. The number of hydrogen-bond donors (Lipinski definition) is 1. The van der Waals surface area contributed by atoms with Gasteiger partial charge in [0.2, 0.25) is 5.91 Å². The molecule has 0 heterocycles. The molecule has 1 aromatic rings. The SMILES string of the molecule is CN(CCOc1ccccc1Cl)C(=O)CCN. The van der Waals surface area contributed by atoms with Crippen LogP contribution in [0, 0.1) is 0 Å². The summed E-state index contributed by atoms with van der Waals surface area (Å²) in [4.78, 5) is 13.0. The molecule has 0 fully saturated rings. The van der Waals surface area contributed by atoms with Crippen molar-refractivity contribution in [3.63, 3.8) is 0 Å². The first-order chi connectivity index (χ1) is 8.15. The normalized spacial score (nSPS) is 10.1. The Kier molecular flexibility index (Phi) is 5.80. The maximum atomic E-state index is 11.4. The summed E-state index contributed by atoms with van der Waals surface area (Å²) in [6, 6.07) is 7.25. The minimum absolute atomic E-state index is 0.0234. The Morgan fingerprint density at radius 3 is 2.82 bits per heavy atom. The minimum Gasteiger partial charge on any atom is -0.490 e. The molecule has 0 unspecified atom stereocenters. The summed E-state index contributed by atoms with van der Waals surface area (Å²) in [5.41, 5.74) is 5.31. The van der Waals surface area contributed by atoms with Gasteiger partial charge >= 0.3 is 0 Å². The molecule has 0 radical (unpaired) electrons. The highest BCUT2D eigenvalue weighted by atomic mass is 35.5. The zero-order valence-electron chi connectivity index (χ0n) is 9.86. The zero-order chi connectivity index (χ0) is 12.7. The van der Waals surface area contributed by atoms with Crippen LogP contribution in [0.25, 0.3) is 0 Å². The number of nitrogens with zero attached hydrogens (tertiary/aromatic N) is 1. The maximum Gasteiger partial charge on any atom is 0.223 e. The van der Waals surface area contributed by atoms with Crippen LogP contribution in [0.3, 0.4) is 0 Å². The van der Waals surface area contributed by atoms with Gasteiger partial charge in [0.25, 0.3) is 0 Å². The van der Waals surface area contributed by atoms with Crippen LogP contribution < -0.4 is 10.5 Å². The number of hydrogen-bond acceptors (Lipinski definition) is 3. The quantitative estimate of drug-likeness (QED) is 0.840. The van der Waals surface area contributed by atoms with E-state index in [2.05, 4.69) is 0 Å². The zero-order valence-corrected chi connectivity index (χ0v) is 10.6. The molecule has 0 saturated carbocycles. The first-order valence-corrected chi connectivity index (χ1v) is 5.84. The van der Waals surface area contributed by atoms with E-state index in [1.807, 2.05) is 12.1 Å². The van der Waals surface area contributed by atoms with Gasteiger partial charge in [0.05, 0.1) is 11.6 Å². The van der Waals surface area contributed by atoms with Crippen molar-refractivity contribution in [1.82, 2.24) is 4.90 Å². The van der Waals surface area contributed by atoms with E-state index in [1.54, 1.807) is 24.1 Å². The second-order valence-electron chi connectivity index (χ2n) is 3.63. The highest BCUT2D eigenvalue weighted by molar-refractivity contribution is 6.32. The number of carbonyl (C=O) groups is 1. The van der Waals surface area contributed by atoms with Crippen LogP contribution in [0.4, 0.5) is 0 Å². The van der Waals surface area contributed by atoms with Crippen LogP contribution in [0.1, 0.15) is 6.42 Å². The molecule has 94 valence electrons. The molecule has 1 aromatic carbocycles. The van der Waals surface area contributed by atoms with Crippen molar-refractivity contribution in [2.24, 2.45) is 5.73 Å². The van der Waals surface area contributed by atoms with E-state index in [0.29, 0.717) is 36.9 Å². The predicted molar refractivity (Wildman–Crippen MR) is 68.3 cm³/mol. The van der Waals surface area contributed by atoms with Crippen LogP contribution >= 0.6 is 11.6 Å². The minimum atomic E-state index is 0.0234. The van der Waals surface area contributed by atoms with Crippen molar-refractivity contribution >= 4 is 17.5 Å². The maximum absolute atomic E-state index is 11.4. The fraction of sp³-hybridized carbons (Fsp3) is 0.417. The number of likely N-dealkylation sites (N-methyl/N-ethyl adjacent to an activating group) is 1. The molecule has 0 aliphatic carbocycles. The van der Waals surface area contributed by atoms with E-state index in [1.165, 1.54) is 0 Å². The molecular weight excluding hydrogens is 240 g/mol.